The van der Waals surface area contributed by atoms with Crippen molar-refractivity contribution in [2.24, 2.45) is 7.05 Å². The summed E-state index contributed by atoms with van der Waals surface area (Å²) in [5.41, 5.74) is -0.00448. The maximum atomic E-state index is 12.5. The zero-order valence-electron chi connectivity index (χ0n) is 18.2. The molecule has 4 N–H and O–H groups in total. The van der Waals surface area contributed by atoms with E-state index >= 15 is 0 Å². The number of carbonyl (C=O) groups is 2. The molecule has 2 bridgehead atoms. The third kappa shape index (κ3) is 4.48. The monoisotopic (exact) mass is 482 g/mol. The highest BCUT2D eigenvalue weighted by Gasteiger charge is 2.68. The van der Waals surface area contributed by atoms with E-state index < -0.39 is 43.0 Å². The molecule has 4 aliphatic rings. The van der Waals surface area contributed by atoms with Gasteiger partial charge >= 0.3 is 12.7 Å². The lowest BCUT2D eigenvalue weighted by atomic mass is 9.46. The van der Waals surface area contributed by atoms with Crippen molar-refractivity contribution >= 4 is 17.8 Å². The molecule has 4 fully saturated rings. The van der Waals surface area contributed by atoms with E-state index in [1.54, 1.807) is 6.07 Å². The van der Waals surface area contributed by atoms with E-state index in [1.165, 1.54) is 17.8 Å². The van der Waals surface area contributed by atoms with E-state index in [-0.39, 0.29) is 29.4 Å². The van der Waals surface area contributed by atoms with Crippen molar-refractivity contribution in [2.75, 3.05) is 11.9 Å². The van der Waals surface area contributed by atoms with Crippen LogP contribution in [0.2, 0.25) is 0 Å². The summed E-state index contributed by atoms with van der Waals surface area (Å²) in [5.74, 6) is -0.293. The Hall–Kier alpha value is -3.10. The second-order valence-electron chi connectivity index (χ2n) is 9.12. The van der Waals surface area contributed by atoms with Gasteiger partial charge in [0, 0.05) is 19.5 Å². The average molecular weight is 482 g/mol. The predicted molar refractivity (Wildman–Crippen MR) is 109 cm³/mol. The van der Waals surface area contributed by atoms with E-state index in [1.807, 2.05) is 0 Å². The van der Waals surface area contributed by atoms with Gasteiger partial charge in [-0.3, -0.25) is 14.6 Å². The first kappa shape index (κ1) is 22.7. The van der Waals surface area contributed by atoms with E-state index in [9.17, 15) is 23.5 Å². The van der Waals surface area contributed by atoms with Gasteiger partial charge in [0.1, 0.15) is 17.9 Å². The van der Waals surface area contributed by atoms with Gasteiger partial charge in [-0.25, -0.2) is 4.79 Å². The highest BCUT2D eigenvalue weighted by atomic mass is 19.3. The zero-order chi connectivity index (χ0) is 24.1. The molecule has 2 atom stereocenters. The number of aryl methyl sites for hydroxylation is 1. The number of anilines is 1. The van der Waals surface area contributed by atoms with Crippen molar-refractivity contribution in [3.63, 3.8) is 0 Å². The number of halogens is 2. The Labute approximate surface area is 191 Å². The highest BCUT2D eigenvalue weighted by molar-refractivity contribution is 6.02. The molecule has 0 aromatic carbocycles. The van der Waals surface area contributed by atoms with Crippen molar-refractivity contribution in [1.82, 2.24) is 25.3 Å². The molecule has 6 rings (SSSR count). The third-order valence-corrected chi connectivity index (χ3v) is 6.31. The number of amides is 2. The van der Waals surface area contributed by atoms with Gasteiger partial charge in [0.2, 0.25) is 0 Å². The summed E-state index contributed by atoms with van der Waals surface area (Å²) in [6.07, 6.45) is 0.728. The predicted octanol–water partition coefficient (Wildman–Crippen LogP) is 1.36. The summed E-state index contributed by atoms with van der Waals surface area (Å²) in [5, 5.41) is 26.1. The molecule has 2 aromatic rings. The van der Waals surface area contributed by atoms with Gasteiger partial charge in [-0.05, 0) is 25.3 Å². The van der Waals surface area contributed by atoms with Crippen LogP contribution in [0.15, 0.2) is 12.1 Å². The van der Waals surface area contributed by atoms with Crippen LogP contribution in [0, 0.1) is 0 Å². The number of rotatable bonds is 8. The first-order valence-electron chi connectivity index (χ1n) is 10.7. The Morgan fingerprint density at radius 3 is 2.85 bits per heavy atom. The Morgan fingerprint density at radius 2 is 2.15 bits per heavy atom. The zero-order valence-corrected chi connectivity index (χ0v) is 18.2. The van der Waals surface area contributed by atoms with Crippen LogP contribution in [0.4, 0.5) is 19.4 Å². The molecular formula is C20H24F2N6O6. The fourth-order valence-corrected chi connectivity index (χ4v) is 4.87. The summed E-state index contributed by atoms with van der Waals surface area (Å²) in [7, 11) is 1.51. The minimum atomic E-state index is -2.93. The number of nitrogens with one attached hydrogen (secondary N) is 3. The van der Waals surface area contributed by atoms with Crippen LogP contribution in [0.5, 0.6) is 0 Å². The van der Waals surface area contributed by atoms with Gasteiger partial charge in [-0.1, -0.05) is 0 Å². The van der Waals surface area contributed by atoms with E-state index in [4.69, 9.17) is 9.47 Å². The summed E-state index contributed by atoms with van der Waals surface area (Å²) in [6, 6.07) is 2.95. The van der Waals surface area contributed by atoms with Gasteiger partial charge in [0.25, 0.3) is 5.91 Å². The van der Waals surface area contributed by atoms with Crippen LogP contribution in [0.25, 0.3) is 0 Å². The topological polar surface area (TPSA) is 153 Å². The Morgan fingerprint density at radius 1 is 1.38 bits per heavy atom. The largest absolute Gasteiger partial charge is 0.444 e. The average Bonchev–Trinajstić information content (AvgIpc) is 3.44. The summed E-state index contributed by atoms with van der Waals surface area (Å²) in [4.78, 5) is 24.7. The van der Waals surface area contributed by atoms with Crippen LogP contribution in [-0.2, 0) is 27.9 Å². The molecule has 0 spiro atoms. The third-order valence-electron chi connectivity index (χ3n) is 6.31. The number of nitrogens with zero attached hydrogens (tertiary/aromatic N) is 3. The summed E-state index contributed by atoms with van der Waals surface area (Å²) < 4.78 is 41.0. The molecule has 2 aromatic heterocycles. The van der Waals surface area contributed by atoms with Gasteiger partial charge in [0.15, 0.2) is 5.82 Å². The van der Waals surface area contributed by atoms with Gasteiger partial charge in [0.05, 0.1) is 35.7 Å². The van der Waals surface area contributed by atoms with Crippen molar-refractivity contribution in [1.29, 1.82) is 0 Å². The number of hydrogen-bond donors (Lipinski definition) is 4. The molecule has 0 unspecified atom stereocenters. The molecule has 184 valence electrons. The SMILES string of the molecule is Cn1nc(COC(F)F)cc1C(=O)Nc1cc([C@H]2C[C@@H](OC(=O)NC34CC(O)(C3)C4)CO2)[nH]n1. The number of aliphatic hydroxyl groups is 1. The molecule has 12 nitrogen and oxygen atoms in total. The van der Waals surface area contributed by atoms with Crippen LogP contribution in [0.1, 0.15) is 53.7 Å². The molecule has 14 heteroatoms. The molecule has 1 saturated heterocycles. The normalized spacial score (nSPS) is 29.4. The number of ether oxygens (including phenoxy) is 3. The van der Waals surface area contributed by atoms with E-state index in [0.29, 0.717) is 31.4 Å². The maximum absolute atomic E-state index is 12.5. The molecular weight excluding hydrogens is 458 g/mol. The minimum absolute atomic E-state index is 0.143. The van der Waals surface area contributed by atoms with Gasteiger partial charge in [-0.2, -0.15) is 19.0 Å². The smallest absolute Gasteiger partial charge is 0.407 e. The van der Waals surface area contributed by atoms with Crippen molar-refractivity contribution in [3.05, 3.63) is 29.2 Å². The minimum Gasteiger partial charge on any atom is -0.444 e. The second kappa shape index (κ2) is 8.29. The Kier molecular flexibility index (Phi) is 5.53. The van der Waals surface area contributed by atoms with Gasteiger partial charge < -0.3 is 30.0 Å². The number of hydrogen-bond acceptors (Lipinski definition) is 8. The fourth-order valence-electron chi connectivity index (χ4n) is 4.87. The van der Waals surface area contributed by atoms with E-state index in [0.717, 1.165) is 0 Å². The second-order valence-corrected chi connectivity index (χ2v) is 9.12. The van der Waals surface area contributed by atoms with Crippen LogP contribution in [0.3, 0.4) is 0 Å². The Balaban J connectivity index is 1.11. The molecule has 1 aliphatic heterocycles. The molecule has 0 radical (unpaired) electrons. The fraction of sp³-hybridized carbons (Fsp3) is 0.600. The first-order chi connectivity index (χ1) is 16.1. The lowest BCUT2D eigenvalue weighted by Gasteiger charge is -2.67. The van der Waals surface area contributed by atoms with Gasteiger partial charge in [-0.15, -0.1) is 0 Å². The summed E-state index contributed by atoms with van der Waals surface area (Å²) >= 11 is 0. The number of alkyl carbamates (subject to hydrolysis) is 1. The number of aromatic amines is 1. The molecule has 2 amide bonds. The maximum Gasteiger partial charge on any atom is 0.407 e. The number of aromatic nitrogens is 4. The number of H-pyrrole nitrogens is 1. The number of carbonyl (C=O) groups excluding carboxylic acids is 2. The standard InChI is InChI=1S/C20H24F2N6O6/c1-28-13(2-10(27-28)5-33-17(21)22)16(29)23-15-4-12(25-26-15)14-3-11(6-32-14)34-18(30)24-19-7-20(31,8-19)9-19/h2,4,11,14,17,31H,3,5-9H2,1H3,(H,24,30)(H2,23,25,26,29)/t11-,14-,19?,20?/m1/s1. The van der Waals surface area contributed by atoms with Crippen molar-refractivity contribution in [3.8, 4) is 0 Å². The lowest BCUT2D eigenvalue weighted by Crippen LogP contribution is -2.78. The van der Waals surface area contributed by atoms with E-state index in [2.05, 4.69) is 30.7 Å². The van der Waals surface area contributed by atoms with Crippen LogP contribution >= 0.6 is 0 Å². The highest BCUT2D eigenvalue weighted by Crippen LogP contribution is 2.60. The molecule has 3 aliphatic carbocycles. The molecule has 34 heavy (non-hydrogen) atoms. The first-order valence-corrected chi connectivity index (χ1v) is 10.7. The molecule has 3 saturated carbocycles. The quantitative estimate of drug-likeness (QED) is 0.440. The Bertz CT molecular complexity index is 1080. The van der Waals surface area contributed by atoms with Crippen LogP contribution in [-0.4, -0.2) is 67.5 Å². The lowest BCUT2D eigenvalue weighted by molar-refractivity contribution is -0.217. The number of alkyl halides is 2. The van der Waals surface area contributed by atoms with Crippen LogP contribution < -0.4 is 10.6 Å². The van der Waals surface area contributed by atoms with Crippen molar-refractivity contribution < 1.29 is 37.7 Å². The van der Waals surface area contributed by atoms with Crippen molar-refractivity contribution in [2.45, 2.75) is 62.2 Å². The molecule has 3 heterocycles. The summed E-state index contributed by atoms with van der Waals surface area (Å²) in [6.45, 7) is -3.14.